The van der Waals surface area contributed by atoms with E-state index in [9.17, 15) is 9.18 Å². The lowest BCUT2D eigenvalue weighted by Gasteiger charge is -2.18. The van der Waals surface area contributed by atoms with Gasteiger partial charge in [-0.05, 0) is 68.7 Å². The first-order valence-corrected chi connectivity index (χ1v) is 12.9. The number of pyridine rings is 1. The summed E-state index contributed by atoms with van der Waals surface area (Å²) in [6, 6.07) is 13.8. The molecule has 39 heavy (non-hydrogen) atoms. The molecule has 1 saturated heterocycles. The smallest absolute Gasteiger partial charge is 0.270 e. The molecule has 1 aromatic carbocycles. The monoisotopic (exact) mass is 528 g/mol. The number of allylic oxidation sites excluding steroid dienone is 1. The van der Waals surface area contributed by atoms with Crippen molar-refractivity contribution in [1.29, 1.82) is 0 Å². The van der Waals surface area contributed by atoms with Crippen LogP contribution in [0.3, 0.4) is 0 Å². The molecule has 204 valence electrons. The van der Waals surface area contributed by atoms with Crippen LogP contribution in [-0.2, 0) is 0 Å². The van der Waals surface area contributed by atoms with Crippen LogP contribution in [-0.4, -0.2) is 44.6 Å². The lowest BCUT2D eigenvalue weighted by molar-refractivity contribution is 0.0935. The molecule has 1 aliphatic rings. The van der Waals surface area contributed by atoms with Gasteiger partial charge in [0.05, 0.1) is 11.9 Å². The highest BCUT2D eigenvalue weighted by Crippen LogP contribution is 2.19. The maximum atomic E-state index is 12.6. The van der Waals surface area contributed by atoms with Gasteiger partial charge in [-0.1, -0.05) is 44.2 Å². The van der Waals surface area contributed by atoms with E-state index in [0.717, 1.165) is 47.8 Å². The molecule has 0 bridgehead atoms. The molecule has 3 aromatic heterocycles. The van der Waals surface area contributed by atoms with Gasteiger partial charge in [0.25, 0.3) is 5.91 Å². The van der Waals surface area contributed by atoms with Crippen molar-refractivity contribution in [3.63, 3.8) is 0 Å². The quantitative estimate of drug-likeness (QED) is 0.335. The average molecular weight is 529 g/mol. The first-order chi connectivity index (χ1) is 18.9. The van der Waals surface area contributed by atoms with Gasteiger partial charge in [0.1, 0.15) is 17.3 Å². The Labute approximate surface area is 230 Å². The van der Waals surface area contributed by atoms with Crippen LogP contribution in [0.25, 0.3) is 11.7 Å². The molecule has 0 radical (unpaired) electrons. The number of hydrogen-bond acceptors (Lipinski definition) is 5. The van der Waals surface area contributed by atoms with E-state index < -0.39 is 0 Å². The van der Waals surface area contributed by atoms with Crippen molar-refractivity contribution in [2.75, 3.05) is 18.0 Å². The normalized spacial score (nSPS) is 13.9. The number of halogens is 1. The molecule has 1 atom stereocenters. The van der Waals surface area contributed by atoms with E-state index in [2.05, 4.69) is 38.1 Å². The number of amides is 1. The predicted molar refractivity (Wildman–Crippen MR) is 157 cm³/mol. The van der Waals surface area contributed by atoms with Crippen LogP contribution in [0, 0.1) is 32.5 Å². The highest BCUT2D eigenvalue weighted by Gasteiger charge is 2.26. The lowest BCUT2D eigenvalue weighted by Crippen LogP contribution is -2.37. The van der Waals surface area contributed by atoms with Gasteiger partial charge in [0, 0.05) is 25.3 Å². The molecule has 1 N–H and O–H groups in total. The lowest BCUT2D eigenvalue weighted by atomic mass is 10.1. The number of aromatic nitrogens is 4. The zero-order valence-electron chi connectivity index (χ0n) is 23.3. The van der Waals surface area contributed by atoms with Crippen LogP contribution in [0.2, 0.25) is 0 Å². The summed E-state index contributed by atoms with van der Waals surface area (Å²) in [7, 11) is 0. The second kappa shape index (κ2) is 15.7. The Balaban J connectivity index is 0.000000412. The van der Waals surface area contributed by atoms with Crippen molar-refractivity contribution in [3.05, 3.63) is 95.3 Å². The van der Waals surface area contributed by atoms with Crippen molar-refractivity contribution in [3.8, 4) is 12.8 Å². The minimum absolute atomic E-state index is 0.0752. The number of imidazole rings is 1. The van der Waals surface area contributed by atoms with Gasteiger partial charge in [0.2, 0.25) is 0 Å². The number of terminal acetylenes is 1. The summed E-state index contributed by atoms with van der Waals surface area (Å²) in [4.78, 5) is 23.4. The van der Waals surface area contributed by atoms with Crippen LogP contribution >= 0.6 is 0 Å². The number of nitrogens with zero attached hydrogens (tertiary/aromatic N) is 5. The molecule has 0 spiro atoms. The fraction of sp³-hybridized carbons (Fsp3) is 0.290. The molecule has 5 rings (SSSR count). The maximum Gasteiger partial charge on any atom is 0.270 e. The molecule has 1 aliphatic heterocycles. The van der Waals surface area contributed by atoms with Crippen LogP contribution in [0.4, 0.5) is 10.2 Å². The van der Waals surface area contributed by atoms with Crippen molar-refractivity contribution in [2.45, 2.75) is 47.1 Å². The first kappa shape index (κ1) is 30.7. The average Bonchev–Trinajstić information content (AvgIpc) is 3.59. The zero-order chi connectivity index (χ0) is 28.8. The molecular weight excluding hydrogens is 491 g/mol. The van der Waals surface area contributed by atoms with Crippen LogP contribution in [0.5, 0.6) is 0 Å². The molecule has 8 heteroatoms. The topological polar surface area (TPSA) is 75.4 Å². The fourth-order valence-corrected chi connectivity index (χ4v) is 3.95. The Morgan fingerprint density at radius 2 is 1.79 bits per heavy atom. The van der Waals surface area contributed by atoms with E-state index in [0.29, 0.717) is 5.69 Å². The van der Waals surface area contributed by atoms with E-state index in [1.165, 1.54) is 12.1 Å². The Hall–Kier alpha value is -4.51. The molecule has 4 aromatic rings. The molecule has 1 amide bonds. The molecule has 0 saturated carbocycles. The molecule has 4 heterocycles. The van der Waals surface area contributed by atoms with E-state index in [1.54, 1.807) is 24.4 Å². The Morgan fingerprint density at radius 3 is 2.41 bits per heavy atom. The third kappa shape index (κ3) is 8.50. The number of fused-ring (bicyclic) bond motifs is 1. The summed E-state index contributed by atoms with van der Waals surface area (Å²) in [5.74, 6) is 0.591. The number of benzene rings is 1. The number of carbonyl (C=O) groups is 1. The van der Waals surface area contributed by atoms with Gasteiger partial charge in [-0.3, -0.25) is 9.78 Å². The number of nitrogens with one attached hydrogen (secondary N) is 1. The number of hydrogen-bond donors (Lipinski definition) is 1. The Kier molecular flexibility index (Phi) is 12.3. The summed E-state index contributed by atoms with van der Waals surface area (Å²) in [6.45, 7) is 11.5. The maximum absolute atomic E-state index is 12.6. The van der Waals surface area contributed by atoms with Crippen molar-refractivity contribution in [2.24, 2.45) is 0 Å². The predicted octanol–water partition coefficient (Wildman–Crippen LogP) is 5.88. The largest absolute Gasteiger partial charge is 0.353 e. The second-order valence-corrected chi connectivity index (χ2v) is 8.49. The molecule has 0 unspecified atom stereocenters. The van der Waals surface area contributed by atoms with Gasteiger partial charge in [0.15, 0.2) is 5.65 Å². The van der Waals surface area contributed by atoms with Crippen molar-refractivity contribution >= 4 is 23.4 Å². The number of aryl methyl sites for hydroxylation is 2. The van der Waals surface area contributed by atoms with Gasteiger partial charge in [-0.2, -0.15) is 0 Å². The number of rotatable bonds is 4. The van der Waals surface area contributed by atoms with E-state index >= 15 is 0 Å². The van der Waals surface area contributed by atoms with E-state index in [-0.39, 0.29) is 17.8 Å². The third-order valence-electron chi connectivity index (χ3n) is 5.83. The minimum atomic E-state index is -0.178. The highest BCUT2D eigenvalue weighted by molar-refractivity contribution is 5.93. The minimum Gasteiger partial charge on any atom is -0.353 e. The van der Waals surface area contributed by atoms with E-state index in [4.69, 9.17) is 0 Å². The molecular formula is C31H37FN6O. The number of carbonyl (C=O) groups excluding carboxylic acids is 1. The summed E-state index contributed by atoms with van der Waals surface area (Å²) >= 11 is 0. The fourth-order valence-electron chi connectivity index (χ4n) is 3.95. The zero-order valence-corrected chi connectivity index (χ0v) is 23.3. The Bertz CT molecular complexity index is 1380. The van der Waals surface area contributed by atoms with Crippen LogP contribution < -0.4 is 10.2 Å². The van der Waals surface area contributed by atoms with Crippen LogP contribution in [0.15, 0.2) is 67.0 Å². The van der Waals surface area contributed by atoms with E-state index in [1.807, 2.05) is 75.7 Å². The van der Waals surface area contributed by atoms with Gasteiger partial charge in [-0.15, -0.1) is 17.9 Å². The first-order valence-electron chi connectivity index (χ1n) is 12.9. The molecule has 0 aliphatic carbocycles. The summed E-state index contributed by atoms with van der Waals surface area (Å²) in [5, 5.41) is 7.78. The van der Waals surface area contributed by atoms with Gasteiger partial charge < -0.3 is 10.2 Å². The molecule has 1 fully saturated rings. The molecule has 7 nitrogen and oxygen atoms in total. The number of anilines is 1. The summed E-state index contributed by atoms with van der Waals surface area (Å²) < 4.78 is 13.8. The Morgan fingerprint density at radius 1 is 1.08 bits per heavy atom. The highest BCUT2D eigenvalue weighted by atomic mass is 19.1. The standard InChI is InChI=1S/C21H24N6O.C6H5F.C2H6.C2H2/c1-4-5-16-12-22-18(10-14(16)2)21(28)24-17-8-9-26(13-17)20-7-6-19-23-11-15(3)27(19)25-20;7-6-4-2-1-3-5-6;2*1-2/h4-7,10-12,17H,8-9,13H2,1-3H3,(H,24,28);1-5H;1-2H3;1-2H/b5-4+;;;/t17-;;;/m0.../s1. The summed E-state index contributed by atoms with van der Waals surface area (Å²) in [6.07, 6.45) is 16.4. The van der Waals surface area contributed by atoms with Gasteiger partial charge in [-0.25, -0.2) is 13.9 Å². The SMILES string of the molecule is C#C.C/C=C/c1cnc(C(=O)N[C@H]2CCN(c3ccc4ncc(C)n4n3)C2)cc1C.CC.Fc1ccccc1. The third-order valence-corrected chi connectivity index (χ3v) is 5.83. The van der Waals surface area contributed by atoms with Gasteiger partial charge >= 0.3 is 0 Å². The van der Waals surface area contributed by atoms with Crippen LogP contribution in [0.1, 0.15) is 54.5 Å². The second-order valence-electron chi connectivity index (χ2n) is 8.49. The summed E-state index contributed by atoms with van der Waals surface area (Å²) in [5.41, 5.74) is 4.37. The van der Waals surface area contributed by atoms with Crippen molar-refractivity contribution < 1.29 is 9.18 Å². The van der Waals surface area contributed by atoms with Crippen molar-refractivity contribution in [1.82, 2.24) is 24.9 Å².